The van der Waals surface area contributed by atoms with Gasteiger partial charge in [0.2, 0.25) is 5.91 Å². The van der Waals surface area contributed by atoms with E-state index in [1.165, 1.54) is 6.07 Å². The molecule has 6 nitrogen and oxygen atoms in total. The van der Waals surface area contributed by atoms with Gasteiger partial charge in [0.25, 0.3) is 0 Å². The number of aliphatic hydroxyl groups is 1. The molecule has 1 aromatic heterocycles. The van der Waals surface area contributed by atoms with E-state index >= 15 is 0 Å². The van der Waals surface area contributed by atoms with Gasteiger partial charge >= 0.3 is 5.63 Å². The van der Waals surface area contributed by atoms with Crippen LogP contribution >= 0.6 is 0 Å². The largest absolute Gasteiger partial charge is 0.431 e. The molecule has 4 saturated carbocycles. The van der Waals surface area contributed by atoms with Gasteiger partial charge in [0, 0.05) is 24.1 Å². The molecule has 1 unspecified atom stereocenters. The van der Waals surface area contributed by atoms with Crippen LogP contribution < -0.4 is 16.3 Å². The number of nitrogens with one attached hydrogen (secondary N) is 2. The van der Waals surface area contributed by atoms with E-state index in [9.17, 15) is 14.7 Å². The average molecular weight is 483 g/mol. The Bertz CT molecular complexity index is 1010. The number of carbonyl (C=O) groups excluding carboxylic acids is 1. The number of rotatable bonds is 3. The number of carbonyl (C=O) groups is 1. The average Bonchev–Trinajstić information content (AvgIpc) is 3.47. The number of fused-ring (bicyclic) bond motifs is 5. The highest BCUT2D eigenvalue weighted by molar-refractivity contribution is 5.79. The van der Waals surface area contributed by atoms with Crippen molar-refractivity contribution in [2.75, 3.05) is 13.1 Å². The quantitative estimate of drug-likeness (QED) is 0.606. The topological polar surface area (TPSA) is 91.6 Å². The van der Waals surface area contributed by atoms with Crippen LogP contribution in [0.1, 0.15) is 89.5 Å². The zero-order chi connectivity index (χ0) is 24.4. The van der Waals surface area contributed by atoms with Crippen LogP contribution in [0.4, 0.5) is 0 Å². The first-order valence-electron chi connectivity index (χ1n) is 14.1. The summed E-state index contributed by atoms with van der Waals surface area (Å²) in [5, 5.41) is 19.1. The summed E-state index contributed by atoms with van der Waals surface area (Å²) in [6.07, 6.45) is 12.1. The maximum atomic E-state index is 12.7. The summed E-state index contributed by atoms with van der Waals surface area (Å²) in [6.45, 7) is 6.56. The highest BCUT2D eigenvalue weighted by Crippen LogP contribution is 2.70. The lowest BCUT2D eigenvalue weighted by molar-refractivity contribution is -0.202. The van der Waals surface area contributed by atoms with Gasteiger partial charge in [-0.2, -0.15) is 0 Å². The minimum absolute atomic E-state index is 0.136. The maximum Gasteiger partial charge on any atom is 0.335 e. The Morgan fingerprint density at radius 3 is 2.66 bits per heavy atom. The van der Waals surface area contributed by atoms with Gasteiger partial charge in [0.05, 0.1) is 17.8 Å². The molecule has 1 aliphatic heterocycles. The minimum Gasteiger partial charge on any atom is -0.431 e. The number of hydrogen-bond donors (Lipinski definition) is 3. The minimum atomic E-state index is -0.661. The van der Waals surface area contributed by atoms with Gasteiger partial charge in [-0.25, -0.2) is 4.79 Å². The molecule has 0 radical (unpaired) electrons. The van der Waals surface area contributed by atoms with Crippen LogP contribution in [0.3, 0.4) is 0 Å². The van der Waals surface area contributed by atoms with E-state index in [0.29, 0.717) is 23.8 Å². The molecule has 9 atom stereocenters. The maximum absolute atomic E-state index is 12.7. The summed E-state index contributed by atoms with van der Waals surface area (Å²) in [7, 11) is 0. The number of amides is 1. The lowest BCUT2D eigenvalue weighted by Crippen LogP contribution is -2.62. The molecule has 5 fully saturated rings. The summed E-state index contributed by atoms with van der Waals surface area (Å²) in [4.78, 5) is 24.3. The molecular formula is C29H42N2O4. The third kappa shape index (κ3) is 3.57. The first-order valence-corrected chi connectivity index (χ1v) is 14.1. The molecule has 1 saturated heterocycles. The fraction of sp³-hybridized carbons (Fsp3) is 0.793. The van der Waals surface area contributed by atoms with Crippen LogP contribution in [0, 0.1) is 34.5 Å². The Balaban J connectivity index is 1.19. The second-order valence-electron chi connectivity index (χ2n) is 13.0. The van der Waals surface area contributed by atoms with Crippen LogP contribution in [0.5, 0.6) is 0 Å². The van der Waals surface area contributed by atoms with Crippen molar-refractivity contribution in [1.29, 1.82) is 0 Å². The third-order valence-corrected chi connectivity index (χ3v) is 11.8. The standard InChI is InChI=1S/C29H42N2O4/c1-27-11-7-21(31-26(33)18-10-14-30-16-18)15-20(27)4-5-24-23(27)8-12-28(2)22(9-13-29(24,28)34)19-3-6-25(32)35-17-19/h3,6,17-18,20-24,30,34H,4-5,7-16H2,1-2H3,(H,31,33)/t18-,20?,21-,22+,23-,24+,27-,28+,29-/m0/s1. The summed E-state index contributed by atoms with van der Waals surface area (Å²) in [5.41, 5.74) is 0.153. The van der Waals surface area contributed by atoms with Crippen LogP contribution in [0.25, 0.3) is 0 Å². The van der Waals surface area contributed by atoms with Gasteiger partial charge in [-0.05, 0) is 111 Å². The lowest BCUT2D eigenvalue weighted by atomic mass is 9.43. The molecule has 35 heavy (non-hydrogen) atoms. The molecule has 6 rings (SSSR count). The summed E-state index contributed by atoms with van der Waals surface area (Å²) in [5.74, 6) is 2.12. The highest BCUT2D eigenvalue weighted by Gasteiger charge is 2.67. The molecule has 0 aromatic carbocycles. The van der Waals surface area contributed by atoms with Crippen LogP contribution in [0.2, 0.25) is 0 Å². The Morgan fingerprint density at radius 2 is 1.91 bits per heavy atom. The lowest BCUT2D eigenvalue weighted by Gasteiger charge is -2.63. The Labute approximate surface area is 208 Å². The van der Waals surface area contributed by atoms with Gasteiger partial charge in [-0.15, -0.1) is 0 Å². The van der Waals surface area contributed by atoms with E-state index < -0.39 is 5.60 Å². The van der Waals surface area contributed by atoms with Crippen molar-refractivity contribution in [3.8, 4) is 0 Å². The molecule has 2 heterocycles. The van der Waals surface area contributed by atoms with Gasteiger partial charge < -0.3 is 20.2 Å². The zero-order valence-corrected chi connectivity index (χ0v) is 21.4. The molecule has 5 aliphatic rings. The summed E-state index contributed by atoms with van der Waals surface area (Å²) in [6, 6.07) is 3.74. The molecular weight excluding hydrogens is 440 g/mol. The molecule has 192 valence electrons. The Morgan fingerprint density at radius 1 is 1.06 bits per heavy atom. The van der Waals surface area contributed by atoms with Crippen LogP contribution in [0.15, 0.2) is 27.6 Å². The molecule has 3 N–H and O–H groups in total. The van der Waals surface area contributed by atoms with Crippen molar-refractivity contribution in [1.82, 2.24) is 10.6 Å². The van der Waals surface area contributed by atoms with E-state index in [0.717, 1.165) is 82.9 Å². The predicted octanol–water partition coefficient (Wildman–Crippen LogP) is 3.98. The monoisotopic (exact) mass is 482 g/mol. The van der Waals surface area contributed by atoms with Crippen LogP contribution in [-0.2, 0) is 4.79 Å². The van der Waals surface area contributed by atoms with Gasteiger partial charge in [-0.1, -0.05) is 13.8 Å². The first-order chi connectivity index (χ1) is 16.7. The van der Waals surface area contributed by atoms with E-state index in [1.807, 2.05) is 6.07 Å². The smallest absolute Gasteiger partial charge is 0.335 e. The molecule has 6 heteroatoms. The van der Waals surface area contributed by atoms with Crippen molar-refractivity contribution in [2.45, 2.75) is 95.6 Å². The van der Waals surface area contributed by atoms with E-state index in [2.05, 4.69) is 24.5 Å². The molecule has 1 aromatic rings. The van der Waals surface area contributed by atoms with Crippen molar-refractivity contribution < 1.29 is 14.3 Å². The van der Waals surface area contributed by atoms with E-state index in [4.69, 9.17) is 4.42 Å². The van der Waals surface area contributed by atoms with Gasteiger partial charge in [-0.3, -0.25) is 4.79 Å². The number of hydrogen-bond acceptors (Lipinski definition) is 5. The van der Waals surface area contributed by atoms with E-state index in [-0.39, 0.29) is 34.2 Å². The normalized spacial score (nSPS) is 46.9. The summed E-state index contributed by atoms with van der Waals surface area (Å²) < 4.78 is 5.22. The Hall–Kier alpha value is -1.66. The Kier molecular flexibility index (Phi) is 5.72. The SMILES string of the molecule is C[C@]12CC[C@H](NC(=O)[C@H]3CCNC3)CC1CC[C@@H]1[C@@H]2CC[C@]2(C)[C@@H](c3ccc(=O)oc3)CC[C@]12O. The molecule has 0 bridgehead atoms. The van der Waals surface area contributed by atoms with Crippen molar-refractivity contribution in [3.05, 3.63) is 34.4 Å². The third-order valence-electron chi connectivity index (χ3n) is 11.8. The second kappa shape index (κ2) is 8.44. The van der Waals surface area contributed by atoms with Crippen molar-refractivity contribution in [3.63, 3.8) is 0 Å². The zero-order valence-electron chi connectivity index (χ0n) is 21.4. The van der Waals surface area contributed by atoms with Crippen molar-refractivity contribution in [2.24, 2.45) is 34.5 Å². The molecule has 1 amide bonds. The predicted molar refractivity (Wildman–Crippen MR) is 134 cm³/mol. The van der Waals surface area contributed by atoms with Gasteiger partial charge in [0.15, 0.2) is 0 Å². The fourth-order valence-corrected chi connectivity index (χ4v) is 9.66. The van der Waals surface area contributed by atoms with Gasteiger partial charge in [0.1, 0.15) is 0 Å². The first kappa shape index (κ1) is 23.7. The second-order valence-corrected chi connectivity index (χ2v) is 13.0. The van der Waals surface area contributed by atoms with Crippen molar-refractivity contribution >= 4 is 5.91 Å². The molecule has 0 spiro atoms. The highest BCUT2D eigenvalue weighted by atomic mass is 16.4. The van der Waals surface area contributed by atoms with Crippen LogP contribution in [-0.4, -0.2) is 35.7 Å². The molecule has 4 aliphatic carbocycles. The van der Waals surface area contributed by atoms with E-state index in [1.54, 1.807) is 6.26 Å². The fourth-order valence-electron chi connectivity index (χ4n) is 9.66. The summed E-state index contributed by atoms with van der Waals surface area (Å²) >= 11 is 0.